The van der Waals surface area contributed by atoms with Gasteiger partial charge in [-0.1, -0.05) is 19.9 Å². The van der Waals surface area contributed by atoms with Gasteiger partial charge in [0.05, 0.1) is 5.69 Å². The molecule has 8 nitrogen and oxygen atoms in total. The van der Waals surface area contributed by atoms with Gasteiger partial charge in [-0.25, -0.2) is 19.3 Å². The summed E-state index contributed by atoms with van der Waals surface area (Å²) in [5.41, 5.74) is 3.72. The number of rotatable bonds is 6. The standard InChI is InChI=1S/C24H27FN8/c1-15(2)22-18-11-17(12-19(25)23(18)32-31-22)20-5-6-27-24(29-20)30-21-4-3-16(13-28-21)14-33-9-7-26-8-10-33/h3-6,11-13,15,26H,7-10,14H2,1-2H3,(H,31,32)(H,27,28,29,30). The Morgan fingerprint density at radius 3 is 2.73 bits per heavy atom. The molecule has 0 saturated carbocycles. The highest BCUT2D eigenvalue weighted by Crippen LogP contribution is 2.30. The Bertz CT molecular complexity index is 1250. The Morgan fingerprint density at radius 1 is 1.12 bits per heavy atom. The number of halogens is 1. The highest BCUT2D eigenvalue weighted by molar-refractivity contribution is 5.87. The van der Waals surface area contributed by atoms with Crippen LogP contribution in [0.1, 0.15) is 31.0 Å². The van der Waals surface area contributed by atoms with E-state index in [0.717, 1.165) is 43.8 Å². The summed E-state index contributed by atoms with van der Waals surface area (Å²) >= 11 is 0. The van der Waals surface area contributed by atoms with Crippen molar-refractivity contribution < 1.29 is 4.39 Å². The number of anilines is 2. The Morgan fingerprint density at radius 2 is 1.97 bits per heavy atom. The maximum absolute atomic E-state index is 14.7. The van der Waals surface area contributed by atoms with Gasteiger partial charge in [0.15, 0.2) is 5.82 Å². The van der Waals surface area contributed by atoms with Crippen LogP contribution >= 0.6 is 0 Å². The molecule has 4 heterocycles. The van der Waals surface area contributed by atoms with E-state index in [1.54, 1.807) is 12.3 Å². The maximum Gasteiger partial charge on any atom is 0.228 e. The monoisotopic (exact) mass is 446 g/mol. The van der Waals surface area contributed by atoms with Crippen LogP contribution in [0.25, 0.3) is 22.2 Å². The molecular weight excluding hydrogens is 419 g/mol. The van der Waals surface area contributed by atoms with Crippen molar-refractivity contribution in [2.24, 2.45) is 0 Å². The van der Waals surface area contributed by atoms with Gasteiger partial charge in [0.25, 0.3) is 0 Å². The van der Waals surface area contributed by atoms with Gasteiger partial charge in [-0.2, -0.15) is 5.10 Å². The molecule has 0 amide bonds. The molecule has 33 heavy (non-hydrogen) atoms. The number of H-pyrrole nitrogens is 1. The summed E-state index contributed by atoms with van der Waals surface area (Å²) in [5.74, 6) is 0.898. The average molecular weight is 447 g/mol. The number of hydrogen-bond acceptors (Lipinski definition) is 7. The summed E-state index contributed by atoms with van der Waals surface area (Å²) in [6.45, 7) is 9.13. The van der Waals surface area contributed by atoms with E-state index in [4.69, 9.17) is 0 Å². The maximum atomic E-state index is 14.7. The smallest absolute Gasteiger partial charge is 0.228 e. The largest absolute Gasteiger partial charge is 0.314 e. The summed E-state index contributed by atoms with van der Waals surface area (Å²) in [5, 5.41) is 14.4. The van der Waals surface area contributed by atoms with Crippen molar-refractivity contribution in [1.82, 2.24) is 35.4 Å². The third-order valence-electron chi connectivity index (χ3n) is 5.85. The van der Waals surface area contributed by atoms with E-state index in [1.807, 2.05) is 32.2 Å². The first-order valence-electron chi connectivity index (χ1n) is 11.2. The minimum absolute atomic E-state index is 0.202. The van der Waals surface area contributed by atoms with Crippen LogP contribution in [0.2, 0.25) is 0 Å². The fourth-order valence-electron chi connectivity index (χ4n) is 4.10. The molecule has 3 aromatic heterocycles. The molecule has 5 rings (SSSR count). The van der Waals surface area contributed by atoms with Gasteiger partial charge in [0.2, 0.25) is 5.95 Å². The highest BCUT2D eigenvalue weighted by atomic mass is 19.1. The van der Waals surface area contributed by atoms with Crippen molar-refractivity contribution in [1.29, 1.82) is 0 Å². The lowest BCUT2D eigenvalue weighted by Gasteiger charge is -2.27. The van der Waals surface area contributed by atoms with Gasteiger partial charge in [0.1, 0.15) is 11.3 Å². The number of pyridine rings is 1. The number of nitrogens with zero attached hydrogens (tertiary/aromatic N) is 5. The third-order valence-corrected chi connectivity index (χ3v) is 5.85. The lowest BCUT2D eigenvalue weighted by Crippen LogP contribution is -2.42. The molecule has 0 aliphatic carbocycles. The van der Waals surface area contributed by atoms with Gasteiger partial charge in [0, 0.05) is 61.8 Å². The first-order chi connectivity index (χ1) is 16.1. The van der Waals surface area contributed by atoms with E-state index in [9.17, 15) is 4.39 Å². The quantitative estimate of drug-likeness (QED) is 0.414. The van der Waals surface area contributed by atoms with Crippen LogP contribution in [0.5, 0.6) is 0 Å². The number of aromatic nitrogens is 5. The molecule has 0 unspecified atom stereocenters. The molecule has 0 spiro atoms. The van der Waals surface area contributed by atoms with Crippen molar-refractivity contribution >= 4 is 22.7 Å². The molecule has 1 saturated heterocycles. The Balaban J connectivity index is 1.35. The average Bonchev–Trinajstić information content (AvgIpc) is 3.26. The van der Waals surface area contributed by atoms with E-state index >= 15 is 0 Å². The van der Waals surface area contributed by atoms with E-state index < -0.39 is 0 Å². The van der Waals surface area contributed by atoms with Crippen LogP contribution in [0.15, 0.2) is 42.7 Å². The van der Waals surface area contributed by atoms with Crippen molar-refractivity contribution in [3.05, 3.63) is 59.8 Å². The number of aromatic amines is 1. The van der Waals surface area contributed by atoms with Gasteiger partial charge < -0.3 is 10.6 Å². The van der Waals surface area contributed by atoms with E-state index in [1.165, 1.54) is 11.6 Å². The summed E-state index contributed by atoms with van der Waals surface area (Å²) in [7, 11) is 0. The Labute approximate surface area is 191 Å². The molecule has 9 heteroatoms. The van der Waals surface area contributed by atoms with Crippen LogP contribution in [0.3, 0.4) is 0 Å². The predicted molar refractivity (Wildman–Crippen MR) is 127 cm³/mol. The molecule has 170 valence electrons. The fraction of sp³-hybridized carbons (Fsp3) is 0.333. The molecule has 1 aromatic carbocycles. The van der Waals surface area contributed by atoms with Crippen molar-refractivity contribution in [2.45, 2.75) is 26.3 Å². The van der Waals surface area contributed by atoms with Crippen LogP contribution in [-0.2, 0) is 6.54 Å². The van der Waals surface area contributed by atoms with Crippen molar-refractivity contribution in [3.8, 4) is 11.3 Å². The lowest BCUT2D eigenvalue weighted by molar-refractivity contribution is 0.233. The molecule has 3 N–H and O–H groups in total. The molecule has 4 aromatic rings. The number of hydrogen-bond donors (Lipinski definition) is 3. The number of nitrogens with one attached hydrogen (secondary N) is 3. The molecular formula is C24H27FN8. The van der Waals surface area contributed by atoms with Gasteiger partial charge in [-0.15, -0.1) is 0 Å². The number of fused-ring (bicyclic) bond motifs is 1. The summed E-state index contributed by atoms with van der Waals surface area (Å²) in [6, 6.07) is 9.15. The minimum atomic E-state index is -0.375. The topological polar surface area (TPSA) is 94.7 Å². The van der Waals surface area contributed by atoms with Crippen LogP contribution in [-0.4, -0.2) is 56.2 Å². The second-order valence-electron chi connectivity index (χ2n) is 8.61. The molecule has 1 aliphatic rings. The zero-order valence-corrected chi connectivity index (χ0v) is 18.8. The molecule has 1 aliphatic heterocycles. The normalized spacial score (nSPS) is 14.8. The molecule has 0 bridgehead atoms. The molecule has 0 atom stereocenters. The second kappa shape index (κ2) is 9.21. The van der Waals surface area contributed by atoms with Crippen LogP contribution in [0, 0.1) is 5.82 Å². The molecule has 1 fully saturated rings. The minimum Gasteiger partial charge on any atom is -0.314 e. The Hall–Kier alpha value is -3.43. The van der Waals surface area contributed by atoms with Crippen molar-refractivity contribution in [2.75, 3.05) is 31.5 Å². The first-order valence-corrected chi connectivity index (χ1v) is 11.2. The lowest BCUT2D eigenvalue weighted by atomic mass is 10.0. The van der Waals surface area contributed by atoms with Gasteiger partial charge in [-0.3, -0.25) is 10.00 Å². The zero-order chi connectivity index (χ0) is 22.8. The predicted octanol–water partition coefficient (Wildman–Crippen LogP) is 3.83. The van der Waals surface area contributed by atoms with Crippen LogP contribution < -0.4 is 10.6 Å². The van der Waals surface area contributed by atoms with E-state index in [-0.39, 0.29) is 11.7 Å². The zero-order valence-electron chi connectivity index (χ0n) is 18.8. The highest BCUT2D eigenvalue weighted by Gasteiger charge is 2.15. The first kappa shape index (κ1) is 21.4. The van der Waals surface area contributed by atoms with E-state index in [2.05, 4.69) is 46.7 Å². The van der Waals surface area contributed by atoms with Crippen LogP contribution in [0.4, 0.5) is 16.2 Å². The molecule has 0 radical (unpaired) electrons. The number of piperazine rings is 1. The number of benzene rings is 1. The fourth-order valence-corrected chi connectivity index (χ4v) is 4.10. The summed E-state index contributed by atoms with van der Waals surface area (Å²) < 4.78 is 14.7. The van der Waals surface area contributed by atoms with Crippen molar-refractivity contribution in [3.63, 3.8) is 0 Å². The van der Waals surface area contributed by atoms with Gasteiger partial charge in [-0.05, 0) is 35.7 Å². The van der Waals surface area contributed by atoms with E-state index in [0.29, 0.717) is 28.5 Å². The Kier molecular flexibility index (Phi) is 5.97. The second-order valence-corrected chi connectivity index (χ2v) is 8.61. The van der Waals surface area contributed by atoms with Gasteiger partial charge >= 0.3 is 0 Å². The summed E-state index contributed by atoms with van der Waals surface area (Å²) in [6.07, 6.45) is 3.54. The SMILES string of the molecule is CC(C)c1[nH]nc2c(F)cc(-c3ccnc(Nc4ccc(CN5CCNCC5)cn4)n3)cc12. The summed E-state index contributed by atoms with van der Waals surface area (Å²) in [4.78, 5) is 15.8. The third kappa shape index (κ3) is 4.69.